The van der Waals surface area contributed by atoms with Gasteiger partial charge in [0.05, 0.1) is 6.61 Å². The Kier molecular flexibility index (Phi) is 4.02. The highest BCUT2D eigenvalue weighted by Gasteiger charge is 2.26. The van der Waals surface area contributed by atoms with Gasteiger partial charge in [-0.25, -0.2) is 0 Å². The lowest BCUT2D eigenvalue weighted by molar-refractivity contribution is 0.156. The number of aromatic hydroxyl groups is 1. The minimum atomic E-state index is 0.163. The van der Waals surface area contributed by atoms with E-state index >= 15 is 0 Å². The first-order valence-electron chi connectivity index (χ1n) is 6.29. The monoisotopic (exact) mass is 235 g/mol. The third-order valence-corrected chi connectivity index (χ3v) is 3.83. The second kappa shape index (κ2) is 5.52. The lowest BCUT2D eigenvalue weighted by atomic mass is 9.80. The van der Waals surface area contributed by atoms with E-state index in [9.17, 15) is 10.2 Å². The first kappa shape index (κ1) is 12.4. The average molecular weight is 235 g/mol. The van der Waals surface area contributed by atoms with Crippen LogP contribution in [0.3, 0.4) is 0 Å². The van der Waals surface area contributed by atoms with Crippen molar-refractivity contribution in [3.05, 3.63) is 29.8 Å². The molecule has 0 aliphatic carbocycles. The number of aliphatic hydroxyl groups is 1. The minimum absolute atomic E-state index is 0.163. The summed E-state index contributed by atoms with van der Waals surface area (Å²) in [6.07, 6.45) is 2.24. The Morgan fingerprint density at radius 3 is 2.65 bits per heavy atom. The highest BCUT2D eigenvalue weighted by Crippen LogP contribution is 2.33. The van der Waals surface area contributed by atoms with Crippen LogP contribution in [0.1, 0.15) is 24.3 Å². The van der Waals surface area contributed by atoms with Crippen molar-refractivity contribution in [2.45, 2.75) is 18.8 Å². The maximum Gasteiger partial charge on any atom is 0.115 e. The second-order valence-corrected chi connectivity index (χ2v) is 5.02. The molecule has 0 saturated carbocycles. The van der Waals surface area contributed by atoms with Gasteiger partial charge in [0.1, 0.15) is 5.75 Å². The molecule has 1 fully saturated rings. The molecule has 94 valence electrons. The summed E-state index contributed by atoms with van der Waals surface area (Å²) in [6.45, 7) is 2.36. The van der Waals surface area contributed by atoms with Crippen molar-refractivity contribution in [2.24, 2.45) is 5.92 Å². The third kappa shape index (κ3) is 2.99. The fourth-order valence-corrected chi connectivity index (χ4v) is 2.71. The maximum absolute atomic E-state index is 9.59. The summed E-state index contributed by atoms with van der Waals surface area (Å²) in [6, 6.07) is 7.30. The van der Waals surface area contributed by atoms with Crippen molar-refractivity contribution in [2.75, 3.05) is 26.7 Å². The minimum Gasteiger partial charge on any atom is -0.508 e. The predicted molar refractivity (Wildman–Crippen MR) is 68.2 cm³/mol. The number of rotatable bonds is 3. The van der Waals surface area contributed by atoms with E-state index in [4.69, 9.17) is 0 Å². The second-order valence-electron chi connectivity index (χ2n) is 5.02. The van der Waals surface area contributed by atoms with Crippen molar-refractivity contribution >= 4 is 0 Å². The number of benzene rings is 1. The molecular formula is C14H21NO2. The van der Waals surface area contributed by atoms with Gasteiger partial charge in [0.25, 0.3) is 0 Å². The van der Waals surface area contributed by atoms with E-state index in [0.29, 0.717) is 5.92 Å². The molecule has 1 atom stereocenters. The normalized spacial score (nSPS) is 20.4. The Bertz CT molecular complexity index is 359. The van der Waals surface area contributed by atoms with Gasteiger partial charge in [-0.2, -0.15) is 0 Å². The van der Waals surface area contributed by atoms with Gasteiger partial charge in [0, 0.05) is 5.92 Å². The Morgan fingerprint density at radius 2 is 2.06 bits per heavy atom. The summed E-state index contributed by atoms with van der Waals surface area (Å²) in [4.78, 5) is 2.33. The van der Waals surface area contributed by atoms with E-state index in [1.165, 1.54) is 0 Å². The molecule has 17 heavy (non-hydrogen) atoms. The van der Waals surface area contributed by atoms with E-state index in [2.05, 4.69) is 11.9 Å². The van der Waals surface area contributed by atoms with Gasteiger partial charge in [0.15, 0.2) is 0 Å². The standard InChI is InChI=1S/C14H21NO2/c1-15-7-5-11(6-8-15)14(10-16)12-3-2-4-13(17)9-12/h2-4,9,11,14,16-17H,5-8,10H2,1H3. The number of nitrogens with zero attached hydrogens (tertiary/aromatic N) is 1. The zero-order valence-corrected chi connectivity index (χ0v) is 10.3. The Balaban J connectivity index is 2.10. The van der Waals surface area contributed by atoms with Gasteiger partial charge in [-0.05, 0) is 56.6 Å². The van der Waals surface area contributed by atoms with Crippen molar-refractivity contribution in [3.63, 3.8) is 0 Å². The molecule has 0 bridgehead atoms. The fourth-order valence-electron chi connectivity index (χ4n) is 2.71. The molecule has 3 heteroatoms. The number of piperidine rings is 1. The molecular weight excluding hydrogens is 214 g/mol. The summed E-state index contributed by atoms with van der Waals surface area (Å²) in [7, 11) is 2.14. The molecule has 3 nitrogen and oxygen atoms in total. The Hall–Kier alpha value is -1.06. The lowest BCUT2D eigenvalue weighted by Gasteiger charge is -2.33. The van der Waals surface area contributed by atoms with E-state index in [-0.39, 0.29) is 18.3 Å². The molecule has 0 radical (unpaired) electrons. The van der Waals surface area contributed by atoms with Crippen molar-refractivity contribution < 1.29 is 10.2 Å². The van der Waals surface area contributed by atoms with Crippen LogP contribution >= 0.6 is 0 Å². The van der Waals surface area contributed by atoms with Crippen molar-refractivity contribution in [3.8, 4) is 5.75 Å². The topological polar surface area (TPSA) is 43.7 Å². The molecule has 1 saturated heterocycles. The van der Waals surface area contributed by atoms with E-state index < -0.39 is 0 Å². The van der Waals surface area contributed by atoms with Crippen LogP contribution in [-0.4, -0.2) is 41.9 Å². The highest BCUT2D eigenvalue weighted by atomic mass is 16.3. The van der Waals surface area contributed by atoms with Crippen LogP contribution in [0.2, 0.25) is 0 Å². The summed E-state index contributed by atoms with van der Waals surface area (Å²) in [5, 5.41) is 19.1. The van der Waals surface area contributed by atoms with E-state index in [1.807, 2.05) is 12.1 Å². The SMILES string of the molecule is CN1CCC(C(CO)c2cccc(O)c2)CC1. The Labute approximate surface area is 103 Å². The number of phenolic OH excluding ortho intramolecular Hbond substituents is 1. The van der Waals surface area contributed by atoms with Gasteiger partial charge in [-0.15, -0.1) is 0 Å². The van der Waals surface area contributed by atoms with Gasteiger partial charge >= 0.3 is 0 Å². The number of likely N-dealkylation sites (tertiary alicyclic amines) is 1. The summed E-state index contributed by atoms with van der Waals surface area (Å²) >= 11 is 0. The molecule has 1 heterocycles. The zero-order valence-electron chi connectivity index (χ0n) is 10.3. The van der Waals surface area contributed by atoms with Crippen molar-refractivity contribution in [1.29, 1.82) is 0 Å². The molecule has 1 aromatic rings. The molecule has 1 aliphatic rings. The summed E-state index contributed by atoms with van der Waals surface area (Å²) in [5.41, 5.74) is 1.06. The van der Waals surface area contributed by atoms with Gasteiger partial charge in [0.2, 0.25) is 0 Å². The number of hydrogen-bond donors (Lipinski definition) is 2. The van der Waals surface area contributed by atoms with Crippen LogP contribution in [0, 0.1) is 5.92 Å². The number of hydrogen-bond acceptors (Lipinski definition) is 3. The first-order chi connectivity index (χ1) is 8.20. The summed E-state index contributed by atoms with van der Waals surface area (Å²) < 4.78 is 0. The first-order valence-corrected chi connectivity index (χ1v) is 6.29. The highest BCUT2D eigenvalue weighted by molar-refractivity contribution is 5.30. The Morgan fingerprint density at radius 1 is 1.35 bits per heavy atom. The predicted octanol–water partition coefficient (Wildman–Crippen LogP) is 1.81. The van der Waals surface area contributed by atoms with Crippen LogP contribution in [0.5, 0.6) is 5.75 Å². The molecule has 0 amide bonds. The van der Waals surface area contributed by atoms with Crippen LogP contribution in [0.25, 0.3) is 0 Å². The van der Waals surface area contributed by atoms with Crippen LogP contribution in [0.15, 0.2) is 24.3 Å². The molecule has 0 spiro atoms. The molecule has 1 unspecified atom stereocenters. The lowest BCUT2D eigenvalue weighted by Crippen LogP contribution is -2.33. The maximum atomic E-state index is 9.59. The van der Waals surface area contributed by atoms with Crippen LogP contribution in [0.4, 0.5) is 0 Å². The zero-order chi connectivity index (χ0) is 12.3. The molecule has 0 aromatic heterocycles. The van der Waals surface area contributed by atoms with Gasteiger partial charge in [-0.3, -0.25) is 0 Å². The average Bonchev–Trinajstić information content (AvgIpc) is 2.33. The largest absolute Gasteiger partial charge is 0.508 e. The molecule has 1 aliphatic heterocycles. The fraction of sp³-hybridized carbons (Fsp3) is 0.571. The van der Waals surface area contributed by atoms with E-state index in [1.54, 1.807) is 12.1 Å². The number of aliphatic hydroxyl groups excluding tert-OH is 1. The third-order valence-electron chi connectivity index (χ3n) is 3.83. The smallest absolute Gasteiger partial charge is 0.115 e. The van der Waals surface area contributed by atoms with Gasteiger partial charge in [-0.1, -0.05) is 12.1 Å². The molecule has 2 N–H and O–H groups in total. The van der Waals surface area contributed by atoms with Gasteiger partial charge < -0.3 is 15.1 Å². The van der Waals surface area contributed by atoms with E-state index in [0.717, 1.165) is 31.5 Å². The summed E-state index contributed by atoms with van der Waals surface area (Å²) in [5.74, 6) is 0.975. The molecule has 1 aromatic carbocycles. The quantitative estimate of drug-likeness (QED) is 0.839. The van der Waals surface area contributed by atoms with Crippen LogP contribution in [-0.2, 0) is 0 Å². The number of phenols is 1. The molecule has 2 rings (SSSR count). The van der Waals surface area contributed by atoms with Crippen LogP contribution < -0.4 is 0 Å². The van der Waals surface area contributed by atoms with Crippen molar-refractivity contribution in [1.82, 2.24) is 4.90 Å².